The average molecular weight is 376 g/mol. The number of methoxy groups -OCH3 is 1. The van der Waals surface area contributed by atoms with Crippen LogP contribution in [0.4, 0.5) is 5.69 Å². The number of carbonyl (C=O) groups excluding carboxylic acids is 1. The Hall–Kier alpha value is -3.34. The van der Waals surface area contributed by atoms with Gasteiger partial charge in [-0.3, -0.25) is 9.78 Å². The van der Waals surface area contributed by atoms with E-state index in [2.05, 4.69) is 4.98 Å². The van der Waals surface area contributed by atoms with Gasteiger partial charge in [-0.2, -0.15) is 0 Å². The molecule has 0 bridgehead atoms. The molecule has 0 aliphatic heterocycles. The maximum atomic E-state index is 13.0. The van der Waals surface area contributed by atoms with E-state index in [9.17, 15) is 4.79 Å². The number of rotatable bonds is 9. The lowest BCUT2D eigenvalue weighted by Gasteiger charge is -2.23. The number of hydrogen-bond donors (Lipinski definition) is 0. The lowest BCUT2D eigenvalue weighted by atomic mass is 10.2. The molecule has 0 unspecified atom stereocenters. The van der Waals surface area contributed by atoms with Gasteiger partial charge in [0.05, 0.1) is 20.3 Å². The Morgan fingerprint density at radius 1 is 1.00 bits per heavy atom. The first-order chi connectivity index (χ1) is 13.8. The highest BCUT2D eigenvalue weighted by molar-refractivity contribution is 5.93. The van der Waals surface area contributed by atoms with E-state index in [-0.39, 0.29) is 5.91 Å². The maximum Gasteiger partial charge on any atom is 0.227 e. The predicted molar refractivity (Wildman–Crippen MR) is 110 cm³/mol. The van der Waals surface area contributed by atoms with E-state index >= 15 is 0 Å². The van der Waals surface area contributed by atoms with Crippen LogP contribution in [-0.2, 0) is 11.3 Å². The van der Waals surface area contributed by atoms with Crippen LogP contribution in [0.15, 0.2) is 79.1 Å². The van der Waals surface area contributed by atoms with Crippen LogP contribution in [0.25, 0.3) is 0 Å². The number of benzene rings is 2. The molecule has 3 aromatic rings. The van der Waals surface area contributed by atoms with Crippen molar-refractivity contribution in [1.29, 1.82) is 0 Å². The van der Waals surface area contributed by atoms with Crippen molar-refractivity contribution in [1.82, 2.24) is 4.98 Å². The topological polar surface area (TPSA) is 51.7 Å². The number of carbonyl (C=O) groups is 1. The largest absolute Gasteiger partial charge is 0.497 e. The van der Waals surface area contributed by atoms with Crippen molar-refractivity contribution in [2.45, 2.75) is 19.4 Å². The quantitative estimate of drug-likeness (QED) is 0.517. The van der Waals surface area contributed by atoms with Gasteiger partial charge in [-0.25, -0.2) is 0 Å². The molecule has 0 N–H and O–H groups in total. The summed E-state index contributed by atoms with van der Waals surface area (Å²) in [5, 5.41) is 0. The van der Waals surface area contributed by atoms with Gasteiger partial charge in [0.25, 0.3) is 0 Å². The Labute approximate surface area is 165 Å². The van der Waals surface area contributed by atoms with Crippen LogP contribution in [-0.4, -0.2) is 24.6 Å². The van der Waals surface area contributed by atoms with Crippen molar-refractivity contribution in [3.8, 4) is 11.5 Å². The summed E-state index contributed by atoms with van der Waals surface area (Å²) >= 11 is 0. The summed E-state index contributed by atoms with van der Waals surface area (Å²) in [7, 11) is 1.62. The van der Waals surface area contributed by atoms with Crippen LogP contribution in [0.5, 0.6) is 11.5 Å². The molecule has 0 aliphatic rings. The molecule has 0 radical (unpaired) electrons. The number of pyridine rings is 1. The fourth-order valence-electron chi connectivity index (χ4n) is 2.84. The molecule has 0 saturated carbocycles. The van der Waals surface area contributed by atoms with Gasteiger partial charge in [0, 0.05) is 30.6 Å². The van der Waals surface area contributed by atoms with Crippen LogP contribution in [0, 0.1) is 0 Å². The molecule has 0 aliphatic carbocycles. The SMILES string of the molecule is COc1cccc(N(Cc2cccnc2)C(=O)CCCOc2ccccc2)c1. The minimum atomic E-state index is 0.0359. The summed E-state index contributed by atoms with van der Waals surface area (Å²) in [6.07, 6.45) is 4.53. The Kier molecular flexibility index (Phi) is 7.01. The van der Waals surface area contributed by atoms with Crippen LogP contribution in [0.1, 0.15) is 18.4 Å². The second-order valence-corrected chi connectivity index (χ2v) is 6.31. The van der Waals surface area contributed by atoms with Crippen molar-refractivity contribution >= 4 is 11.6 Å². The molecule has 144 valence electrons. The number of nitrogens with zero attached hydrogens (tertiary/aromatic N) is 2. The molecule has 5 heteroatoms. The van der Waals surface area contributed by atoms with Gasteiger partial charge in [0.15, 0.2) is 0 Å². The van der Waals surface area contributed by atoms with Crippen molar-refractivity contribution < 1.29 is 14.3 Å². The summed E-state index contributed by atoms with van der Waals surface area (Å²) in [6.45, 7) is 0.952. The third-order valence-electron chi connectivity index (χ3n) is 4.28. The van der Waals surface area contributed by atoms with Gasteiger partial charge in [0.2, 0.25) is 5.91 Å². The van der Waals surface area contributed by atoms with E-state index in [1.165, 1.54) is 0 Å². The number of anilines is 1. The van der Waals surface area contributed by atoms with E-state index in [1.807, 2.05) is 66.7 Å². The van der Waals surface area contributed by atoms with Crippen molar-refractivity contribution in [3.05, 3.63) is 84.7 Å². The molecule has 0 spiro atoms. The Balaban J connectivity index is 1.65. The molecule has 0 fully saturated rings. The van der Waals surface area contributed by atoms with Gasteiger partial charge in [-0.1, -0.05) is 30.3 Å². The van der Waals surface area contributed by atoms with Gasteiger partial charge >= 0.3 is 0 Å². The third kappa shape index (κ3) is 5.58. The number of hydrogen-bond acceptors (Lipinski definition) is 4. The van der Waals surface area contributed by atoms with Gasteiger partial charge in [-0.05, 0) is 42.3 Å². The highest BCUT2D eigenvalue weighted by Gasteiger charge is 2.17. The minimum Gasteiger partial charge on any atom is -0.497 e. The zero-order chi connectivity index (χ0) is 19.6. The van der Waals surface area contributed by atoms with Crippen molar-refractivity contribution in [2.75, 3.05) is 18.6 Å². The summed E-state index contributed by atoms with van der Waals surface area (Å²) in [4.78, 5) is 18.9. The zero-order valence-corrected chi connectivity index (χ0v) is 16.0. The van der Waals surface area contributed by atoms with Crippen LogP contribution in [0.2, 0.25) is 0 Å². The van der Waals surface area contributed by atoms with E-state index < -0.39 is 0 Å². The fraction of sp³-hybridized carbons (Fsp3) is 0.217. The van der Waals surface area contributed by atoms with Gasteiger partial charge < -0.3 is 14.4 Å². The number of ether oxygens (including phenoxy) is 2. The second kappa shape index (κ2) is 10.1. The fourth-order valence-corrected chi connectivity index (χ4v) is 2.84. The molecule has 28 heavy (non-hydrogen) atoms. The molecule has 5 nitrogen and oxygen atoms in total. The van der Waals surface area contributed by atoms with E-state index in [4.69, 9.17) is 9.47 Å². The predicted octanol–water partition coefficient (Wildman–Crippen LogP) is 4.48. The molecule has 1 heterocycles. The molecular formula is C23H24N2O3. The first-order valence-corrected chi connectivity index (χ1v) is 9.27. The normalized spacial score (nSPS) is 10.3. The highest BCUT2D eigenvalue weighted by Crippen LogP contribution is 2.24. The average Bonchev–Trinajstić information content (AvgIpc) is 2.76. The number of amides is 1. The van der Waals surface area contributed by atoms with E-state index in [1.54, 1.807) is 24.4 Å². The zero-order valence-electron chi connectivity index (χ0n) is 16.0. The van der Waals surface area contributed by atoms with Crippen LogP contribution >= 0.6 is 0 Å². The van der Waals surface area contributed by atoms with Gasteiger partial charge in [-0.15, -0.1) is 0 Å². The lowest BCUT2D eigenvalue weighted by Crippen LogP contribution is -2.30. The molecule has 2 aromatic carbocycles. The number of para-hydroxylation sites is 1. The molecule has 0 atom stereocenters. The first kappa shape index (κ1) is 19.4. The Morgan fingerprint density at radius 3 is 2.57 bits per heavy atom. The summed E-state index contributed by atoms with van der Waals surface area (Å²) < 4.78 is 11.0. The summed E-state index contributed by atoms with van der Waals surface area (Å²) in [5.41, 5.74) is 1.77. The van der Waals surface area contributed by atoms with Gasteiger partial charge in [0.1, 0.15) is 11.5 Å². The van der Waals surface area contributed by atoms with Crippen LogP contribution < -0.4 is 14.4 Å². The van der Waals surface area contributed by atoms with Crippen LogP contribution in [0.3, 0.4) is 0 Å². The molecule has 1 amide bonds. The summed E-state index contributed by atoms with van der Waals surface area (Å²) in [5.74, 6) is 1.57. The highest BCUT2D eigenvalue weighted by atomic mass is 16.5. The molecule has 3 rings (SSSR count). The maximum absolute atomic E-state index is 13.0. The van der Waals surface area contributed by atoms with E-state index in [0.29, 0.717) is 31.7 Å². The first-order valence-electron chi connectivity index (χ1n) is 9.27. The third-order valence-corrected chi connectivity index (χ3v) is 4.28. The second-order valence-electron chi connectivity index (χ2n) is 6.31. The van der Waals surface area contributed by atoms with Crippen molar-refractivity contribution in [2.24, 2.45) is 0 Å². The van der Waals surface area contributed by atoms with E-state index in [0.717, 1.165) is 17.0 Å². The molecular weight excluding hydrogens is 352 g/mol. The van der Waals surface area contributed by atoms with Crippen molar-refractivity contribution in [3.63, 3.8) is 0 Å². The standard InChI is InChI=1S/C23H24N2O3/c1-27-22-12-5-9-20(16-22)25(18-19-8-6-14-24-17-19)23(26)13-7-15-28-21-10-3-2-4-11-21/h2-6,8-12,14,16-17H,7,13,15,18H2,1H3. The Morgan fingerprint density at radius 2 is 1.82 bits per heavy atom. The lowest BCUT2D eigenvalue weighted by molar-refractivity contribution is -0.119. The minimum absolute atomic E-state index is 0.0359. The number of aromatic nitrogens is 1. The summed E-state index contributed by atoms with van der Waals surface area (Å²) in [6, 6.07) is 21.0. The molecule has 0 saturated heterocycles. The smallest absolute Gasteiger partial charge is 0.227 e. The molecule has 1 aromatic heterocycles. The monoisotopic (exact) mass is 376 g/mol. The Bertz CT molecular complexity index is 869.